The van der Waals surface area contributed by atoms with Crippen LogP contribution in [-0.2, 0) is 9.59 Å². The van der Waals surface area contributed by atoms with Gasteiger partial charge < -0.3 is 15.1 Å². The van der Waals surface area contributed by atoms with Gasteiger partial charge in [0.1, 0.15) is 0 Å². The molecule has 1 rings (SSSR count). The number of nitrogens with one attached hydrogen (secondary N) is 1. The zero-order valence-corrected chi connectivity index (χ0v) is 9.53. The van der Waals surface area contributed by atoms with E-state index in [0.717, 1.165) is 26.2 Å². The van der Waals surface area contributed by atoms with Gasteiger partial charge in [-0.15, -0.1) is 6.42 Å². The highest BCUT2D eigenvalue weighted by molar-refractivity contribution is 5.92. The predicted octanol–water partition coefficient (Wildman–Crippen LogP) is -1.10. The van der Waals surface area contributed by atoms with Crippen molar-refractivity contribution < 1.29 is 9.59 Å². The van der Waals surface area contributed by atoms with Crippen LogP contribution in [0.3, 0.4) is 0 Å². The molecule has 2 amide bonds. The molecule has 0 saturated carbocycles. The number of carbonyl (C=O) groups excluding carboxylic acids is 2. The topological polar surface area (TPSA) is 52.7 Å². The summed E-state index contributed by atoms with van der Waals surface area (Å²) in [6, 6.07) is 0. The lowest BCUT2D eigenvalue weighted by atomic mass is 10.3. The molecule has 5 heteroatoms. The maximum Gasteiger partial charge on any atom is 0.297 e. The Hall–Kier alpha value is -1.54. The molecule has 1 heterocycles. The Labute approximate surface area is 95.8 Å². The van der Waals surface area contributed by atoms with Crippen LogP contribution in [0.1, 0.15) is 6.42 Å². The minimum absolute atomic E-state index is 0.0816. The summed E-state index contributed by atoms with van der Waals surface area (Å²) in [5, 5.41) is 3.18. The van der Waals surface area contributed by atoms with Gasteiger partial charge in [0.15, 0.2) is 0 Å². The van der Waals surface area contributed by atoms with Gasteiger partial charge in [-0.05, 0) is 5.92 Å². The van der Waals surface area contributed by atoms with E-state index in [-0.39, 0.29) is 11.8 Å². The zero-order chi connectivity index (χ0) is 12.0. The first-order valence-corrected chi connectivity index (χ1v) is 5.35. The monoisotopic (exact) mass is 223 g/mol. The number of terminal acetylenes is 1. The van der Waals surface area contributed by atoms with Crippen molar-refractivity contribution in [2.24, 2.45) is 0 Å². The van der Waals surface area contributed by atoms with Crippen LogP contribution in [0.5, 0.6) is 0 Å². The summed E-state index contributed by atoms with van der Waals surface area (Å²) in [6.45, 7) is 3.54. The summed E-state index contributed by atoms with van der Waals surface area (Å²) < 4.78 is 0. The van der Waals surface area contributed by atoms with Crippen LogP contribution < -0.4 is 5.32 Å². The van der Waals surface area contributed by atoms with Crippen LogP contribution >= 0.6 is 0 Å². The Morgan fingerprint density at radius 1 is 1.44 bits per heavy atom. The third-order valence-electron chi connectivity index (χ3n) is 2.60. The summed E-state index contributed by atoms with van der Waals surface area (Å²) in [4.78, 5) is 26.0. The second-order valence-electron chi connectivity index (χ2n) is 3.75. The van der Waals surface area contributed by atoms with E-state index in [9.17, 15) is 9.59 Å². The minimum Gasteiger partial charge on any atom is -0.340 e. The fourth-order valence-electron chi connectivity index (χ4n) is 1.55. The molecule has 1 aliphatic heterocycles. The Bertz CT molecular complexity index is 303. The quantitative estimate of drug-likeness (QED) is 0.618. The maximum absolute atomic E-state index is 11.7. The number of hydrogen-bond acceptors (Lipinski definition) is 3. The molecule has 16 heavy (non-hydrogen) atoms. The average Bonchev–Trinajstić information content (AvgIpc) is 2.35. The molecule has 1 saturated heterocycles. The van der Waals surface area contributed by atoms with E-state index >= 15 is 0 Å². The van der Waals surface area contributed by atoms with E-state index < -0.39 is 0 Å². The third-order valence-corrected chi connectivity index (χ3v) is 2.60. The van der Waals surface area contributed by atoms with Crippen LogP contribution in [0, 0.1) is 12.3 Å². The van der Waals surface area contributed by atoms with Gasteiger partial charge in [0, 0.05) is 46.2 Å². The van der Waals surface area contributed by atoms with E-state index in [4.69, 9.17) is 6.42 Å². The van der Waals surface area contributed by atoms with Crippen LogP contribution in [0.2, 0.25) is 0 Å². The maximum atomic E-state index is 11.7. The van der Waals surface area contributed by atoms with Gasteiger partial charge in [-0.2, -0.15) is 0 Å². The highest BCUT2D eigenvalue weighted by atomic mass is 16.2. The lowest BCUT2D eigenvalue weighted by molar-refractivity contribution is -0.132. The van der Waals surface area contributed by atoms with Crippen molar-refractivity contribution in [3.8, 4) is 12.3 Å². The first-order chi connectivity index (χ1) is 7.65. The molecular formula is C11H17N3O2. The first kappa shape index (κ1) is 12.5. The first-order valence-electron chi connectivity index (χ1n) is 5.35. The Morgan fingerprint density at radius 2 is 2.06 bits per heavy atom. The van der Waals surface area contributed by atoms with Gasteiger partial charge in [-0.1, -0.05) is 0 Å². The van der Waals surface area contributed by atoms with Crippen molar-refractivity contribution in [1.29, 1.82) is 0 Å². The molecule has 1 aliphatic rings. The number of carbonyl (C=O) groups is 2. The van der Waals surface area contributed by atoms with Crippen molar-refractivity contribution in [1.82, 2.24) is 15.1 Å². The van der Waals surface area contributed by atoms with Crippen LogP contribution in [-0.4, -0.2) is 61.4 Å². The molecule has 1 fully saturated rings. The number of nitrogens with zero attached hydrogens (tertiary/aromatic N) is 2. The highest BCUT2D eigenvalue weighted by Gasteiger charge is 2.16. The Kier molecular flexibility index (Phi) is 4.80. The normalized spacial score (nSPS) is 15.4. The minimum atomic E-state index is -0.381. The molecule has 5 nitrogen and oxygen atoms in total. The number of amides is 2. The van der Waals surface area contributed by atoms with E-state index in [1.54, 1.807) is 7.05 Å². The molecule has 0 spiro atoms. The molecule has 0 aliphatic carbocycles. The molecule has 0 aromatic heterocycles. The predicted molar refractivity (Wildman–Crippen MR) is 60.5 cm³/mol. The molecular weight excluding hydrogens is 206 g/mol. The molecule has 88 valence electrons. The van der Waals surface area contributed by atoms with Gasteiger partial charge in [-0.3, -0.25) is 9.59 Å². The van der Waals surface area contributed by atoms with E-state index in [1.807, 2.05) is 10.8 Å². The zero-order valence-electron chi connectivity index (χ0n) is 9.53. The van der Waals surface area contributed by atoms with E-state index in [2.05, 4.69) is 5.32 Å². The van der Waals surface area contributed by atoms with Crippen molar-refractivity contribution in [2.45, 2.75) is 6.42 Å². The molecule has 0 atom stereocenters. The van der Waals surface area contributed by atoms with Gasteiger partial charge in [0.25, 0.3) is 5.91 Å². The van der Waals surface area contributed by atoms with Gasteiger partial charge in [0.2, 0.25) is 5.91 Å². The summed E-state index contributed by atoms with van der Waals surface area (Å²) in [5.41, 5.74) is 0. The lowest BCUT2D eigenvalue weighted by Crippen LogP contribution is -2.47. The van der Waals surface area contributed by atoms with Crippen molar-refractivity contribution >= 4 is 11.8 Å². The summed E-state index contributed by atoms with van der Waals surface area (Å²) in [7, 11) is 1.60. The third kappa shape index (κ3) is 3.55. The summed E-state index contributed by atoms with van der Waals surface area (Å²) in [6.07, 6.45) is 5.31. The number of hydrogen-bond donors (Lipinski definition) is 1. The van der Waals surface area contributed by atoms with Crippen molar-refractivity contribution in [3.63, 3.8) is 0 Å². The molecule has 0 aromatic rings. The second-order valence-corrected chi connectivity index (χ2v) is 3.75. The Morgan fingerprint density at radius 3 is 2.62 bits per heavy atom. The SMILES string of the molecule is C#CC(=O)N(C)CCC(=O)N1CCNCC1. The largest absolute Gasteiger partial charge is 0.340 e. The number of piperazine rings is 1. The molecule has 0 unspecified atom stereocenters. The number of rotatable bonds is 3. The highest BCUT2D eigenvalue weighted by Crippen LogP contribution is 1.98. The molecule has 1 N–H and O–H groups in total. The molecule has 0 aromatic carbocycles. The Balaban J connectivity index is 2.29. The van der Waals surface area contributed by atoms with Crippen molar-refractivity contribution in [3.05, 3.63) is 0 Å². The summed E-state index contributed by atoms with van der Waals surface area (Å²) in [5.74, 6) is 1.72. The second kappa shape index (κ2) is 6.13. The van der Waals surface area contributed by atoms with Crippen LogP contribution in [0.4, 0.5) is 0 Å². The van der Waals surface area contributed by atoms with Gasteiger partial charge >= 0.3 is 0 Å². The molecule has 0 radical (unpaired) electrons. The van der Waals surface area contributed by atoms with E-state index in [0.29, 0.717) is 13.0 Å². The van der Waals surface area contributed by atoms with Crippen molar-refractivity contribution in [2.75, 3.05) is 39.8 Å². The summed E-state index contributed by atoms with van der Waals surface area (Å²) >= 11 is 0. The average molecular weight is 223 g/mol. The van der Waals surface area contributed by atoms with Crippen LogP contribution in [0.15, 0.2) is 0 Å². The van der Waals surface area contributed by atoms with Gasteiger partial charge in [-0.25, -0.2) is 0 Å². The fraction of sp³-hybridized carbons (Fsp3) is 0.636. The van der Waals surface area contributed by atoms with Gasteiger partial charge in [0.05, 0.1) is 0 Å². The molecule has 0 bridgehead atoms. The lowest BCUT2D eigenvalue weighted by Gasteiger charge is -2.28. The standard InChI is InChI=1S/C11H17N3O2/c1-3-10(15)13(2)7-4-11(16)14-8-5-12-6-9-14/h1,12H,4-9H2,2H3. The van der Waals surface area contributed by atoms with E-state index in [1.165, 1.54) is 4.90 Å². The smallest absolute Gasteiger partial charge is 0.297 e. The fourth-order valence-corrected chi connectivity index (χ4v) is 1.55. The van der Waals surface area contributed by atoms with Crippen LogP contribution in [0.25, 0.3) is 0 Å².